The molecule has 2 heterocycles. The van der Waals surface area contributed by atoms with Crippen molar-refractivity contribution < 1.29 is 4.74 Å². The first-order valence-corrected chi connectivity index (χ1v) is 6.96. The van der Waals surface area contributed by atoms with E-state index in [-0.39, 0.29) is 0 Å². The Labute approximate surface area is 123 Å². The van der Waals surface area contributed by atoms with E-state index < -0.39 is 0 Å². The van der Waals surface area contributed by atoms with Crippen molar-refractivity contribution in [2.24, 2.45) is 0 Å². The number of hydrogen-bond acceptors (Lipinski definition) is 4. The molecule has 0 atom stereocenters. The average molecular weight is 282 g/mol. The summed E-state index contributed by atoms with van der Waals surface area (Å²) in [6.45, 7) is 4.34. The summed E-state index contributed by atoms with van der Waals surface area (Å²) in [6.07, 6.45) is 5.47. The molecule has 0 saturated heterocycles. The normalized spacial score (nSPS) is 11.0. The molecule has 0 unspecified atom stereocenters. The smallest absolute Gasteiger partial charge is 0.265 e. The van der Waals surface area contributed by atoms with Crippen LogP contribution in [0.2, 0.25) is 0 Å². The predicted molar refractivity (Wildman–Crippen MR) is 83.1 cm³/mol. The predicted octanol–water partition coefficient (Wildman–Crippen LogP) is 3.69. The fourth-order valence-corrected chi connectivity index (χ4v) is 2.12. The number of nitrogens with zero attached hydrogens (tertiary/aromatic N) is 3. The number of ether oxygens (including phenoxy) is 1. The Kier molecular flexibility index (Phi) is 3.48. The highest BCUT2D eigenvalue weighted by Gasteiger charge is 2.09. The molecule has 0 saturated carbocycles. The largest absolute Gasteiger partial charge is 0.436 e. The summed E-state index contributed by atoms with van der Waals surface area (Å²) in [5.41, 5.74) is 1.98. The lowest BCUT2D eigenvalue weighted by molar-refractivity contribution is 0.465. The Morgan fingerprint density at radius 2 is 1.95 bits per heavy atom. The molecule has 1 N–H and O–H groups in total. The van der Waals surface area contributed by atoms with Crippen LogP contribution in [0.4, 0.5) is 5.82 Å². The van der Waals surface area contributed by atoms with Crippen molar-refractivity contribution in [3.8, 4) is 11.6 Å². The van der Waals surface area contributed by atoms with Crippen LogP contribution in [0.15, 0.2) is 42.9 Å². The van der Waals surface area contributed by atoms with Crippen LogP contribution in [-0.4, -0.2) is 21.4 Å². The maximum absolute atomic E-state index is 5.89. The molecule has 0 radical (unpaired) electrons. The van der Waals surface area contributed by atoms with Gasteiger partial charge >= 0.3 is 0 Å². The van der Waals surface area contributed by atoms with E-state index in [1.165, 1.54) is 5.56 Å². The maximum Gasteiger partial charge on any atom is 0.265 e. The Hall–Kier alpha value is -2.56. The molecule has 1 aromatic carbocycles. The second-order valence-electron chi connectivity index (χ2n) is 5.17. The molecule has 0 aliphatic carbocycles. The lowest BCUT2D eigenvalue weighted by Gasteiger charge is -2.10. The molecule has 0 spiro atoms. The van der Waals surface area contributed by atoms with E-state index in [1.807, 2.05) is 36.0 Å². The number of rotatable bonds is 4. The fraction of sp³-hybridized carbons (Fsp3) is 0.250. The van der Waals surface area contributed by atoms with Crippen molar-refractivity contribution in [2.75, 3.05) is 12.4 Å². The SMILES string of the molecule is CNc1cn2ccnc2c(Oc2ccc(C(C)C)cc2)n1. The summed E-state index contributed by atoms with van der Waals surface area (Å²) < 4.78 is 7.78. The van der Waals surface area contributed by atoms with Crippen LogP contribution in [0.1, 0.15) is 25.3 Å². The van der Waals surface area contributed by atoms with Crippen molar-refractivity contribution in [2.45, 2.75) is 19.8 Å². The maximum atomic E-state index is 5.89. The van der Waals surface area contributed by atoms with Gasteiger partial charge in [0.2, 0.25) is 5.65 Å². The number of nitrogens with one attached hydrogen (secondary N) is 1. The highest BCUT2D eigenvalue weighted by Crippen LogP contribution is 2.26. The van der Waals surface area contributed by atoms with Crippen molar-refractivity contribution in [1.82, 2.24) is 14.4 Å². The lowest BCUT2D eigenvalue weighted by atomic mass is 10.0. The summed E-state index contributed by atoms with van der Waals surface area (Å²) in [5, 5.41) is 3.02. The van der Waals surface area contributed by atoms with Gasteiger partial charge in [-0.25, -0.2) is 4.98 Å². The van der Waals surface area contributed by atoms with Crippen LogP contribution >= 0.6 is 0 Å². The minimum Gasteiger partial charge on any atom is -0.436 e. The third-order valence-corrected chi connectivity index (χ3v) is 3.36. The minimum absolute atomic E-state index is 0.490. The summed E-state index contributed by atoms with van der Waals surface area (Å²) >= 11 is 0. The molecule has 0 aliphatic heterocycles. The van der Waals surface area contributed by atoms with Gasteiger partial charge < -0.3 is 10.1 Å². The van der Waals surface area contributed by atoms with Gasteiger partial charge in [0.25, 0.3) is 5.88 Å². The third-order valence-electron chi connectivity index (χ3n) is 3.36. The van der Waals surface area contributed by atoms with E-state index in [2.05, 4.69) is 41.3 Å². The molecule has 0 bridgehead atoms. The van der Waals surface area contributed by atoms with Crippen molar-refractivity contribution in [3.63, 3.8) is 0 Å². The number of anilines is 1. The zero-order valence-corrected chi connectivity index (χ0v) is 12.4. The van der Waals surface area contributed by atoms with Crippen molar-refractivity contribution in [3.05, 3.63) is 48.4 Å². The summed E-state index contributed by atoms with van der Waals surface area (Å²) in [6, 6.07) is 8.07. The molecule has 108 valence electrons. The number of fused-ring (bicyclic) bond motifs is 1. The first-order chi connectivity index (χ1) is 10.2. The molecule has 5 heteroatoms. The summed E-state index contributed by atoms with van der Waals surface area (Å²) in [4.78, 5) is 8.71. The van der Waals surface area contributed by atoms with Crippen LogP contribution < -0.4 is 10.1 Å². The Morgan fingerprint density at radius 3 is 2.62 bits per heavy atom. The van der Waals surface area contributed by atoms with Crippen molar-refractivity contribution in [1.29, 1.82) is 0 Å². The Morgan fingerprint density at radius 1 is 1.19 bits per heavy atom. The topological polar surface area (TPSA) is 51.5 Å². The van der Waals surface area contributed by atoms with Gasteiger partial charge in [0.15, 0.2) is 0 Å². The van der Waals surface area contributed by atoms with E-state index in [1.54, 1.807) is 6.20 Å². The highest BCUT2D eigenvalue weighted by molar-refractivity contribution is 5.55. The molecule has 0 aliphatic rings. The third kappa shape index (κ3) is 2.67. The van der Waals surface area contributed by atoms with E-state index >= 15 is 0 Å². The van der Waals surface area contributed by atoms with E-state index in [4.69, 9.17) is 4.74 Å². The summed E-state index contributed by atoms with van der Waals surface area (Å²) in [5.74, 6) is 2.48. The number of imidazole rings is 1. The van der Waals surface area contributed by atoms with E-state index in [0.29, 0.717) is 17.4 Å². The zero-order valence-electron chi connectivity index (χ0n) is 12.4. The molecular formula is C16H18N4O. The van der Waals surface area contributed by atoms with Gasteiger partial charge in [-0.1, -0.05) is 26.0 Å². The van der Waals surface area contributed by atoms with Gasteiger partial charge in [-0.2, -0.15) is 4.98 Å². The first-order valence-electron chi connectivity index (χ1n) is 6.96. The van der Waals surface area contributed by atoms with Gasteiger partial charge in [0.05, 0.1) is 6.20 Å². The van der Waals surface area contributed by atoms with Crippen LogP contribution in [-0.2, 0) is 0 Å². The fourth-order valence-electron chi connectivity index (χ4n) is 2.12. The number of hydrogen-bond donors (Lipinski definition) is 1. The average Bonchev–Trinajstić information content (AvgIpc) is 2.96. The second-order valence-corrected chi connectivity index (χ2v) is 5.17. The van der Waals surface area contributed by atoms with Crippen LogP contribution in [0.5, 0.6) is 11.6 Å². The van der Waals surface area contributed by atoms with Gasteiger partial charge in [-0.3, -0.25) is 4.40 Å². The summed E-state index contributed by atoms with van der Waals surface area (Å²) in [7, 11) is 1.83. The second kappa shape index (κ2) is 5.44. The number of benzene rings is 1. The molecule has 3 aromatic rings. The monoisotopic (exact) mass is 282 g/mol. The quantitative estimate of drug-likeness (QED) is 0.793. The molecule has 5 nitrogen and oxygen atoms in total. The Balaban J connectivity index is 1.95. The molecule has 0 fully saturated rings. The molecule has 3 rings (SSSR count). The van der Waals surface area contributed by atoms with Crippen LogP contribution in [0, 0.1) is 0 Å². The lowest BCUT2D eigenvalue weighted by Crippen LogP contribution is -1.99. The van der Waals surface area contributed by atoms with Gasteiger partial charge in [0, 0.05) is 19.4 Å². The standard InChI is InChI=1S/C16H18N4O/c1-11(2)12-4-6-13(7-5-12)21-16-15-18-8-9-20(15)10-14(17-3)19-16/h4-11,17H,1-3H3. The molecule has 2 aromatic heterocycles. The molecular weight excluding hydrogens is 264 g/mol. The van der Waals surface area contributed by atoms with Gasteiger partial charge in [-0.05, 0) is 23.6 Å². The highest BCUT2D eigenvalue weighted by atomic mass is 16.5. The van der Waals surface area contributed by atoms with Crippen molar-refractivity contribution >= 4 is 11.5 Å². The number of aromatic nitrogens is 3. The van der Waals surface area contributed by atoms with Gasteiger partial charge in [-0.15, -0.1) is 0 Å². The molecule has 0 amide bonds. The van der Waals surface area contributed by atoms with E-state index in [9.17, 15) is 0 Å². The zero-order chi connectivity index (χ0) is 14.8. The molecule has 21 heavy (non-hydrogen) atoms. The van der Waals surface area contributed by atoms with Crippen LogP contribution in [0.25, 0.3) is 5.65 Å². The van der Waals surface area contributed by atoms with Crippen LogP contribution in [0.3, 0.4) is 0 Å². The Bertz CT molecular complexity index is 747. The van der Waals surface area contributed by atoms with Gasteiger partial charge in [0.1, 0.15) is 11.6 Å². The first kappa shape index (κ1) is 13.4. The van der Waals surface area contributed by atoms with E-state index in [0.717, 1.165) is 11.6 Å². The minimum atomic E-state index is 0.490.